The first-order valence-corrected chi connectivity index (χ1v) is 30.4. The molecule has 326 valence electrons. The number of hydrazine groups is 1. The highest BCUT2D eigenvalue weighted by molar-refractivity contribution is 7.92. The monoisotopic (exact) mass is 893 g/mol. The van der Waals surface area contributed by atoms with Crippen molar-refractivity contribution < 1.29 is 31.2 Å². The molecule has 0 aliphatic carbocycles. The van der Waals surface area contributed by atoms with Gasteiger partial charge in [-0.05, 0) is 93.1 Å². The van der Waals surface area contributed by atoms with Crippen molar-refractivity contribution in [3.8, 4) is 22.9 Å². The number of hydrogen-bond donors (Lipinski definition) is 3. The van der Waals surface area contributed by atoms with Gasteiger partial charge in [-0.2, -0.15) is 9.42 Å². The van der Waals surface area contributed by atoms with Gasteiger partial charge in [0.05, 0.1) is 41.5 Å². The SMILES string of the molecule is CC(NC(=O)Nc1ccc(C(C)(C)C)cc1)c1ccc(N(N(C(=O)OC(C)(C)C)[C@H](C)c2ccc(NS(C)(=O)=O)c(C#C[Si](C)(C)C)c2)S(C)(=O)=O)c(C#C[Si](C)(C)C)c1. The van der Waals surface area contributed by atoms with Crippen LogP contribution < -0.4 is 19.8 Å². The van der Waals surface area contributed by atoms with Crippen LogP contribution in [0.3, 0.4) is 0 Å². The summed E-state index contributed by atoms with van der Waals surface area (Å²) in [6.07, 6.45) is 1.08. The fraction of sp³-hybridized carbons (Fsp3) is 0.455. The molecule has 3 rings (SSSR count). The van der Waals surface area contributed by atoms with Crippen LogP contribution in [0.15, 0.2) is 60.7 Å². The van der Waals surface area contributed by atoms with Crippen molar-refractivity contribution in [2.45, 2.75) is 118 Å². The van der Waals surface area contributed by atoms with Gasteiger partial charge >= 0.3 is 12.1 Å². The van der Waals surface area contributed by atoms with Crippen LogP contribution in [0, 0.1) is 22.9 Å². The van der Waals surface area contributed by atoms with E-state index in [9.17, 15) is 26.4 Å². The second-order valence-corrected chi connectivity index (χ2v) is 32.2. The van der Waals surface area contributed by atoms with Gasteiger partial charge in [0, 0.05) is 11.3 Å². The number of nitrogens with one attached hydrogen (secondary N) is 3. The summed E-state index contributed by atoms with van der Waals surface area (Å²) in [4.78, 5) is 27.6. The Balaban J connectivity index is 2.24. The highest BCUT2D eigenvalue weighted by atomic mass is 32.2. The Kier molecular flexibility index (Phi) is 15.3. The van der Waals surface area contributed by atoms with Gasteiger partial charge in [-0.15, -0.1) is 11.1 Å². The molecule has 3 aromatic carbocycles. The molecule has 0 saturated carbocycles. The van der Waals surface area contributed by atoms with Crippen LogP contribution in [0.5, 0.6) is 0 Å². The fourth-order valence-corrected chi connectivity index (χ4v) is 8.25. The van der Waals surface area contributed by atoms with E-state index in [1.807, 2.05) is 24.3 Å². The molecule has 0 aromatic heterocycles. The maximum absolute atomic E-state index is 14.4. The van der Waals surface area contributed by atoms with E-state index in [4.69, 9.17) is 4.74 Å². The smallest absolute Gasteiger partial charge is 0.430 e. The third-order valence-corrected chi connectivity index (χ3v) is 11.8. The third-order valence-electron chi connectivity index (χ3n) is 8.51. The number of carbonyl (C=O) groups excluding carboxylic acids is 2. The van der Waals surface area contributed by atoms with E-state index < -0.39 is 66.0 Å². The molecule has 0 fully saturated rings. The third kappa shape index (κ3) is 15.4. The second-order valence-electron chi connectivity index (χ2n) is 19.1. The quantitative estimate of drug-likeness (QED) is 0.104. The number of nitrogens with zero attached hydrogens (tertiary/aromatic N) is 2. The molecule has 0 saturated heterocycles. The fourth-order valence-electron chi connectivity index (χ4n) is 5.61. The highest BCUT2D eigenvalue weighted by Crippen LogP contribution is 2.35. The Labute approximate surface area is 361 Å². The van der Waals surface area contributed by atoms with Crippen molar-refractivity contribution in [2.75, 3.05) is 27.0 Å². The zero-order chi connectivity index (χ0) is 45.8. The first-order valence-electron chi connectivity index (χ1n) is 19.7. The summed E-state index contributed by atoms with van der Waals surface area (Å²) in [6.45, 7) is 27.2. The van der Waals surface area contributed by atoms with E-state index in [0.717, 1.165) is 27.5 Å². The van der Waals surface area contributed by atoms with Gasteiger partial charge in [-0.1, -0.05) is 96.2 Å². The average Bonchev–Trinajstić information content (AvgIpc) is 3.06. The highest BCUT2D eigenvalue weighted by Gasteiger charge is 2.38. The number of urea groups is 1. The van der Waals surface area contributed by atoms with E-state index in [1.165, 1.54) is 0 Å². The minimum atomic E-state index is -4.31. The van der Waals surface area contributed by atoms with Gasteiger partial charge in [0.1, 0.15) is 21.7 Å². The lowest BCUT2D eigenvalue weighted by molar-refractivity contribution is 0.0187. The summed E-state index contributed by atoms with van der Waals surface area (Å²) < 4.78 is 62.1. The lowest BCUT2D eigenvalue weighted by Gasteiger charge is -2.39. The number of sulfonamides is 2. The number of hydrogen-bond acceptors (Lipinski definition) is 7. The van der Waals surface area contributed by atoms with Crippen LogP contribution in [-0.2, 0) is 30.2 Å². The van der Waals surface area contributed by atoms with Crippen LogP contribution in [-0.4, -0.2) is 68.2 Å². The van der Waals surface area contributed by atoms with Gasteiger partial charge in [-0.3, -0.25) is 4.72 Å². The number of ether oxygens (including phenoxy) is 1. The maximum atomic E-state index is 14.4. The Morgan fingerprint density at radius 2 is 1.25 bits per heavy atom. The van der Waals surface area contributed by atoms with E-state index >= 15 is 0 Å². The Bertz CT molecular complexity index is 2420. The molecule has 0 heterocycles. The van der Waals surface area contributed by atoms with E-state index in [-0.39, 0.29) is 16.8 Å². The molecule has 16 heteroatoms. The van der Waals surface area contributed by atoms with Crippen LogP contribution in [0.1, 0.15) is 95.3 Å². The number of amides is 3. The largest absolute Gasteiger partial charge is 0.442 e. The zero-order valence-electron chi connectivity index (χ0n) is 38.0. The second kappa shape index (κ2) is 18.5. The van der Waals surface area contributed by atoms with Gasteiger partial charge in [-0.25, -0.2) is 26.4 Å². The Morgan fingerprint density at radius 1 is 0.733 bits per heavy atom. The predicted octanol–water partition coefficient (Wildman–Crippen LogP) is 9.38. The number of carbonyl (C=O) groups is 2. The maximum Gasteiger partial charge on any atom is 0.430 e. The van der Waals surface area contributed by atoms with Crippen LogP contribution in [0.25, 0.3) is 0 Å². The Hall–Kier alpha value is -4.75. The van der Waals surface area contributed by atoms with Gasteiger partial charge < -0.3 is 15.4 Å². The molecule has 3 aromatic rings. The summed E-state index contributed by atoms with van der Waals surface area (Å²) in [7, 11) is -12.0. The first-order chi connectivity index (χ1) is 27.1. The molecule has 2 atom stereocenters. The van der Waals surface area contributed by atoms with Gasteiger partial charge in [0.15, 0.2) is 0 Å². The molecule has 1 unspecified atom stereocenters. The molecule has 0 radical (unpaired) electrons. The summed E-state index contributed by atoms with van der Waals surface area (Å²) in [5, 5.41) is 6.87. The Morgan fingerprint density at radius 3 is 1.73 bits per heavy atom. The van der Waals surface area contributed by atoms with E-state index in [1.54, 1.807) is 71.0 Å². The minimum Gasteiger partial charge on any atom is -0.442 e. The number of rotatable bonds is 10. The van der Waals surface area contributed by atoms with Crippen LogP contribution in [0.2, 0.25) is 39.3 Å². The summed E-state index contributed by atoms with van der Waals surface area (Å²) in [6, 6.07) is 15.5. The van der Waals surface area contributed by atoms with Crippen LogP contribution in [0.4, 0.5) is 26.7 Å². The van der Waals surface area contributed by atoms with Crippen molar-refractivity contribution in [3.63, 3.8) is 0 Å². The van der Waals surface area contributed by atoms with Crippen molar-refractivity contribution in [1.82, 2.24) is 10.3 Å². The standard InChI is InChI=1S/C44H63N5O7S2Si2/c1-31(45-41(50)46-38-21-19-37(20-22-38)43(3,4)5)33-18-24-40(36(29-33)26-28-60(14,15)16)49(58(10,54)55)48(42(51)56-44(6,7)8)32(2)34-17-23-39(47-57(9,52)53)35(30-34)25-27-59(11,12)13/h17-24,29-32,47H,1-16H3,(H2,45,46,50)/t31?,32-/m1/s1. The number of benzene rings is 3. The average molecular weight is 894 g/mol. The van der Waals surface area contributed by atoms with Crippen LogP contribution >= 0.6 is 0 Å². The van der Waals surface area contributed by atoms with Crippen molar-refractivity contribution in [3.05, 3.63) is 88.5 Å². The number of anilines is 3. The summed E-state index contributed by atoms with van der Waals surface area (Å²) in [5.74, 6) is 6.35. The molecule has 0 aliphatic heterocycles. The molecule has 0 bridgehead atoms. The molecule has 3 N–H and O–H groups in total. The normalized spacial score (nSPS) is 13.3. The molecule has 0 aliphatic rings. The lowest BCUT2D eigenvalue weighted by atomic mass is 9.87. The predicted molar refractivity (Wildman–Crippen MR) is 251 cm³/mol. The molecule has 12 nitrogen and oxygen atoms in total. The van der Waals surface area contributed by atoms with Gasteiger partial charge in [0.2, 0.25) is 20.0 Å². The first kappa shape index (κ1) is 49.6. The van der Waals surface area contributed by atoms with Crippen molar-refractivity contribution >= 4 is 65.4 Å². The molecule has 3 amide bonds. The topological polar surface area (TPSA) is 154 Å². The summed E-state index contributed by atoms with van der Waals surface area (Å²) in [5.41, 5.74) is 9.40. The molecular formula is C44H63N5O7S2Si2. The van der Waals surface area contributed by atoms with Crippen molar-refractivity contribution in [2.24, 2.45) is 0 Å². The minimum absolute atomic E-state index is 0.0388. The van der Waals surface area contributed by atoms with Crippen molar-refractivity contribution in [1.29, 1.82) is 0 Å². The molecule has 0 spiro atoms. The lowest BCUT2D eigenvalue weighted by Crippen LogP contribution is -2.52. The van der Waals surface area contributed by atoms with Gasteiger partial charge in [0.25, 0.3) is 0 Å². The molecule has 60 heavy (non-hydrogen) atoms. The molecular weight excluding hydrogens is 831 g/mol. The summed E-state index contributed by atoms with van der Waals surface area (Å²) >= 11 is 0. The van der Waals surface area contributed by atoms with E-state index in [0.29, 0.717) is 27.9 Å². The van der Waals surface area contributed by atoms with E-state index in [2.05, 4.69) is 98.3 Å². The zero-order valence-corrected chi connectivity index (χ0v) is 41.6.